The summed E-state index contributed by atoms with van der Waals surface area (Å²) in [7, 11) is 1.52. The van der Waals surface area contributed by atoms with Gasteiger partial charge in [0.25, 0.3) is 0 Å². The molecule has 5 nitrogen and oxygen atoms in total. The highest BCUT2D eigenvalue weighted by Gasteiger charge is 2.34. The van der Waals surface area contributed by atoms with E-state index in [-0.39, 0.29) is 18.2 Å². The zero-order chi connectivity index (χ0) is 18.7. The normalized spacial score (nSPS) is 16.7. The molecule has 1 aliphatic rings. The van der Waals surface area contributed by atoms with Crippen LogP contribution < -0.4 is 10.1 Å². The Morgan fingerprint density at radius 1 is 1.27 bits per heavy atom. The quantitative estimate of drug-likeness (QED) is 0.836. The maximum Gasteiger partial charge on any atom is 0.229 e. The minimum atomic E-state index is -0.436. The van der Waals surface area contributed by atoms with Gasteiger partial charge in [0.15, 0.2) is 0 Å². The minimum Gasteiger partial charge on any atom is -0.495 e. The molecule has 7 heteroatoms. The number of hydrogen-bond donors (Lipinski definition) is 1. The molecule has 1 aliphatic heterocycles. The summed E-state index contributed by atoms with van der Waals surface area (Å²) in [4.78, 5) is 26.5. The number of likely N-dealkylation sites (tertiary alicyclic amines) is 1. The first-order valence-corrected chi connectivity index (χ1v) is 8.89. The van der Waals surface area contributed by atoms with Gasteiger partial charge in [-0.25, -0.2) is 0 Å². The number of hydrogen-bond acceptors (Lipinski definition) is 3. The maximum atomic E-state index is 12.6. The largest absolute Gasteiger partial charge is 0.495 e. The molecule has 136 valence electrons. The van der Waals surface area contributed by atoms with Gasteiger partial charge in [0.05, 0.1) is 18.7 Å². The molecular formula is C19H18Cl2N2O3. The molecule has 1 atom stereocenters. The third kappa shape index (κ3) is 4.11. The van der Waals surface area contributed by atoms with Crippen molar-refractivity contribution in [2.24, 2.45) is 5.92 Å². The van der Waals surface area contributed by atoms with Crippen LogP contribution in [0.15, 0.2) is 42.5 Å². The van der Waals surface area contributed by atoms with E-state index in [4.69, 9.17) is 27.9 Å². The lowest BCUT2D eigenvalue weighted by molar-refractivity contribution is -0.128. The Morgan fingerprint density at radius 3 is 2.77 bits per heavy atom. The summed E-state index contributed by atoms with van der Waals surface area (Å²) in [5, 5.41) is 3.91. The third-order valence-electron chi connectivity index (χ3n) is 4.32. The van der Waals surface area contributed by atoms with Crippen molar-refractivity contribution in [2.45, 2.75) is 13.0 Å². The number of ether oxygens (including phenoxy) is 1. The van der Waals surface area contributed by atoms with E-state index in [1.807, 2.05) is 18.2 Å². The molecule has 0 saturated carbocycles. The number of amides is 2. The first-order valence-electron chi connectivity index (χ1n) is 8.13. The number of benzene rings is 2. The monoisotopic (exact) mass is 392 g/mol. The second kappa shape index (κ2) is 7.98. The summed E-state index contributed by atoms with van der Waals surface area (Å²) in [5.41, 5.74) is 1.35. The molecule has 1 unspecified atom stereocenters. The predicted octanol–water partition coefficient (Wildman–Crippen LogP) is 3.99. The van der Waals surface area contributed by atoms with E-state index in [1.165, 1.54) is 7.11 Å². The molecule has 0 aliphatic carbocycles. The second-order valence-electron chi connectivity index (χ2n) is 6.10. The molecule has 1 saturated heterocycles. The number of rotatable bonds is 5. The van der Waals surface area contributed by atoms with Gasteiger partial charge in [0.1, 0.15) is 5.75 Å². The number of carbonyl (C=O) groups excluding carboxylic acids is 2. The van der Waals surface area contributed by atoms with E-state index in [0.29, 0.717) is 34.6 Å². The van der Waals surface area contributed by atoms with Gasteiger partial charge < -0.3 is 15.0 Å². The van der Waals surface area contributed by atoms with Crippen LogP contribution in [0.25, 0.3) is 0 Å². The average molecular weight is 393 g/mol. The number of methoxy groups -OCH3 is 1. The van der Waals surface area contributed by atoms with Crippen LogP contribution in [-0.2, 0) is 16.1 Å². The summed E-state index contributed by atoms with van der Waals surface area (Å²) < 4.78 is 5.23. The first-order chi connectivity index (χ1) is 12.5. The second-order valence-corrected chi connectivity index (χ2v) is 6.94. The first kappa shape index (κ1) is 18.5. The molecule has 26 heavy (non-hydrogen) atoms. The number of nitrogens with one attached hydrogen (secondary N) is 1. The van der Waals surface area contributed by atoms with Crippen LogP contribution in [0.3, 0.4) is 0 Å². The lowest BCUT2D eigenvalue weighted by Crippen LogP contribution is -2.28. The number of carbonyl (C=O) groups is 2. The molecule has 2 aromatic rings. The van der Waals surface area contributed by atoms with Gasteiger partial charge in [-0.1, -0.05) is 41.4 Å². The van der Waals surface area contributed by atoms with Crippen molar-refractivity contribution in [3.63, 3.8) is 0 Å². The fourth-order valence-corrected chi connectivity index (χ4v) is 3.31. The van der Waals surface area contributed by atoms with Crippen LogP contribution in [0, 0.1) is 5.92 Å². The van der Waals surface area contributed by atoms with Crippen molar-refractivity contribution in [2.75, 3.05) is 19.0 Å². The Labute approximate surface area is 161 Å². The van der Waals surface area contributed by atoms with Crippen LogP contribution in [0.1, 0.15) is 12.0 Å². The van der Waals surface area contributed by atoms with Crippen molar-refractivity contribution < 1.29 is 14.3 Å². The molecule has 0 radical (unpaired) electrons. The minimum absolute atomic E-state index is 0.0665. The Hall–Kier alpha value is -2.24. The number of anilines is 1. The molecule has 1 N–H and O–H groups in total. The zero-order valence-corrected chi connectivity index (χ0v) is 15.7. The number of nitrogens with zero attached hydrogens (tertiary/aromatic N) is 1. The molecular weight excluding hydrogens is 375 g/mol. The maximum absolute atomic E-state index is 12.6. The van der Waals surface area contributed by atoms with Gasteiger partial charge in [0.2, 0.25) is 11.8 Å². The van der Waals surface area contributed by atoms with Crippen LogP contribution in [0.5, 0.6) is 5.75 Å². The summed E-state index contributed by atoms with van der Waals surface area (Å²) in [6.45, 7) is 0.738. The van der Waals surface area contributed by atoms with Crippen molar-refractivity contribution >= 4 is 40.7 Å². The Morgan fingerprint density at radius 2 is 2.04 bits per heavy atom. The van der Waals surface area contributed by atoms with Crippen LogP contribution in [-0.4, -0.2) is 30.4 Å². The Bertz CT molecular complexity index is 841. The highest BCUT2D eigenvalue weighted by molar-refractivity contribution is 6.31. The molecule has 2 aromatic carbocycles. The Kier molecular flexibility index (Phi) is 5.69. The smallest absolute Gasteiger partial charge is 0.229 e. The fourth-order valence-electron chi connectivity index (χ4n) is 2.95. The molecule has 2 amide bonds. The number of halogens is 2. The lowest BCUT2D eigenvalue weighted by Gasteiger charge is -2.18. The summed E-state index contributed by atoms with van der Waals surface area (Å²) >= 11 is 12.1. The summed E-state index contributed by atoms with van der Waals surface area (Å²) in [6, 6.07) is 12.4. The zero-order valence-electron chi connectivity index (χ0n) is 14.2. The van der Waals surface area contributed by atoms with Crippen molar-refractivity contribution in [1.82, 2.24) is 4.90 Å². The van der Waals surface area contributed by atoms with Crippen molar-refractivity contribution in [3.8, 4) is 5.75 Å². The van der Waals surface area contributed by atoms with Crippen LogP contribution in [0.2, 0.25) is 10.0 Å². The molecule has 0 bridgehead atoms. The highest BCUT2D eigenvalue weighted by Crippen LogP contribution is 2.30. The van der Waals surface area contributed by atoms with E-state index < -0.39 is 5.92 Å². The molecule has 3 rings (SSSR count). The summed E-state index contributed by atoms with van der Waals surface area (Å²) in [6.07, 6.45) is 0.166. The topological polar surface area (TPSA) is 58.6 Å². The van der Waals surface area contributed by atoms with Gasteiger partial charge in [-0.05, 0) is 29.8 Å². The van der Waals surface area contributed by atoms with Gasteiger partial charge in [-0.15, -0.1) is 0 Å². The predicted molar refractivity (Wildman–Crippen MR) is 102 cm³/mol. The van der Waals surface area contributed by atoms with Gasteiger partial charge in [0, 0.05) is 29.6 Å². The van der Waals surface area contributed by atoms with E-state index in [9.17, 15) is 9.59 Å². The highest BCUT2D eigenvalue weighted by atomic mass is 35.5. The van der Waals surface area contributed by atoms with Crippen LogP contribution in [0.4, 0.5) is 5.69 Å². The molecule has 0 aromatic heterocycles. The lowest BCUT2D eigenvalue weighted by atomic mass is 10.1. The Balaban J connectivity index is 1.68. The molecule has 1 heterocycles. The average Bonchev–Trinajstić information content (AvgIpc) is 2.98. The summed E-state index contributed by atoms with van der Waals surface area (Å²) in [5.74, 6) is -0.225. The van der Waals surface area contributed by atoms with Crippen LogP contribution >= 0.6 is 23.2 Å². The van der Waals surface area contributed by atoms with Gasteiger partial charge in [-0.2, -0.15) is 0 Å². The van der Waals surface area contributed by atoms with Gasteiger partial charge >= 0.3 is 0 Å². The SMILES string of the molecule is COc1ccc(Cl)cc1NC(=O)C1CC(=O)N(Cc2ccccc2Cl)C1. The fraction of sp³-hybridized carbons (Fsp3) is 0.263. The molecule has 1 fully saturated rings. The van der Waals surface area contributed by atoms with E-state index >= 15 is 0 Å². The van der Waals surface area contributed by atoms with Gasteiger partial charge in [-0.3, -0.25) is 9.59 Å². The molecule has 0 spiro atoms. The van der Waals surface area contributed by atoms with E-state index in [0.717, 1.165) is 5.56 Å². The third-order valence-corrected chi connectivity index (χ3v) is 4.93. The van der Waals surface area contributed by atoms with Crippen molar-refractivity contribution in [3.05, 3.63) is 58.1 Å². The van der Waals surface area contributed by atoms with E-state index in [1.54, 1.807) is 29.2 Å². The van der Waals surface area contributed by atoms with Crippen molar-refractivity contribution in [1.29, 1.82) is 0 Å². The standard InChI is InChI=1S/C19H18Cl2N2O3/c1-26-17-7-6-14(20)9-16(17)22-19(25)13-8-18(24)23(11-13)10-12-4-2-3-5-15(12)21/h2-7,9,13H,8,10-11H2,1H3,(H,22,25). The van der Waals surface area contributed by atoms with E-state index in [2.05, 4.69) is 5.32 Å².